The third-order valence-electron chi connectivity index (χ3n) is 7.57. The van der Waals surface area contributed by atoms with Gasteiger partial charge in [-0.2, -0.15) is 0 Å². The summed E-state index contributed by atoms with van der Waals surface area (Å²) in [6.07, 6.45) is 9.20. The van der Waals surface area contributed by atoms with E-state index in [0.29, 0.717) is 11.6 Å². The van der Waals surface area contributed by atoms with Crippen LogP contribution < -0.4 is 0 Å². The number of thiazole rings is 1. The van der Waals surface area contributed by atoms with E-state index in [0.717, 1.165) is 69.4 Å². The fraction of sp³-hybridized carbons (Fsp3) is 0.500. The molecule has 0 bridgehead atoms. The van der Waals surface area contributed by atoms with Crippen LogP contribution in [0.2, 0.25) is 0 Å². The van der Waals surface area contributed by atoms with E-state index in [2.05, 4.69) is 51.2 Å². The van der Waals surface area contributed by atoms with Crippen LogP contribution in [0.1, 0.15) is 35.3 Å². The molecule has 0 N–H and O–H groups in total. The van der Waals surface area contributed by atoms with E-state index in [9.17, 15) is 9.59 Å². The van der Waals surface area contributed by atoms with E-state index in [4.69, 9.17) is 0 Å². The summed E-state index contributed by atoms with van der Waals surface area (Å²) >= 11 is 3.10. The summed E-state index contributed by atoms with van der Waals surface area (Å²) in [4.78, 5) is 36.8. The zero-order chi connectivity index (χ0) is 23.5. The van der Waals surface area contributed by atoms with Gasteiger partial charge in [0.1, 0.15) is 10.0 Å². The van der Waals surface area contributed by atoms with Crippen molar-refractivity contribution >= 4 is 41.0 Å². The van der Waals surface area contributed by atoms with E-state index >= 15 is 0 Å². The molecule has 2 saturated heterocycles. The molecule has 1 atom stereocenters. The van der Waals surface area contributed by atoms with Gasteiger partial charge < -0.3 is 9.80 Å². The maximum Gasteiger partial charge on any atom is 0.273 e. The molecule has 1 saturated carbocycles. The van der Waals surface area contributed by atoms with Crippen molar-refractivity contribution in [2.45, 2.75) is 23.6 Å². The highest BCUT2D eigenvalue weighted by molar-refractivity contribution is 8.00. The van der Waals surface area contributed by atoms with Crippen LogP contribution in [0, 0.1) is 11.3 Å². The van der Waals surface area contributed by atoms with Crippen molar-refractivity contribution in [2.24, 2.45) is 11.3 Å². The first-order valence-electron chi connectivity index (χ1n) is 12.1. The van der Waals surface area contributed by atoms with E-state index in [1.54, 1.807) is 11.8 Å². The molecule has 2 aliphatic heterocycles. The van der Waals surface area contributed by atoms with Crippen LogP contribution >= 0.6 is 23.1 Å². The first-order valence-corrected chi connectivity index (χ1v) is 14.2. The molecule has 0 unspecified atom stereocenters. The zero-order valence-corrected chi connectivity index (χ0v) is 21.3. The maximum absolute atomic E-state index is 13.2. The molecule has 0 radical (unpaired) electrons. The van der Waals surface area contributed by atoms with Crippen LogP contribution in [0.4, 0.5) is 0 Å². The molecule has 1 spiro atoms. The Morgan fingerprint density at radius 2 is 1.82 bits per heavy atom. The van der Waals surface area contributed by atoms with Crippen molar-refractivity contribution in [3.8, 4) is 0 Å². The SMILES string of the molecule is CSc1nc(C(=O)N2CCC3(CC2)C[C@@H]3C(=O)N2CCN(C/C=C/c3ccccc3)CC2)cs1. The lowest BCUT2D eigenvalue weighted by molar-refractivity contribution is -0.135. The Kier molecular flexibility index (Phi) is 7.09. The topological polar surface area (TPSA) is 56.8 Å². The molecule has 2 amide bonds. The Hall–Kier alpha value is -2.16. The highest BCUT2D eigenvalue weighted by atomic mass is 32.2. The number of likely N-dealkylation sites (tertiary alicyclic amines) is 1. The number of piperazine rings is 1. The molecule has 34 heavy (non-hydrogen) atoms. The fourth-order valence-corrected chi connectivity index (χ4v) is 6.52. The number of hydrogen-bond donors (Lipinski definition) is 0. The number of benzene rings is 1. The lowest BCUT2D eigenvalue weighted by atomic mass is 9.90. The molecule has 5 rings (SSSR count). The van der Waals surface area contributed by atoms with Crippen LogP contribution in [0.15, 0.2) is 46.1 Å². The number of carbonyl (C=O) groups is 2. The number of hydrogen-bond acceptors (Lipinski definition) is 6. The summed E-state index contributed by atoms with van der Waals surface area (Å²) in [5, 5.41) is 1.86. The number of piperidine rings is 1. The standard InChI is InChI=1S/C26H32N4O2S2/c1-33-25-27-22(19-34-25)24(32)29-12-9-26(10-13-29)18-21(26)23(31)30-16-14-28(15-17-30)11-5-8-20-6-3-2-4-7-20/h2-8,19,21H,9-18H2,1H3/b8-5+/t21-/m1/s1. The predicted molar refractivity (Wildman–Crippen MR) is 138 cm³/mol. The van der Waals surface area contributed by atoms with Crippen molar-refractivity contribution in [2.75, 3.05) is 52.1 Å². The molecule has 1 aromatic heterocycles. The molecule has 6 nitrogen and oxygen atoms in total. The Balaban J connectivity index is 1.06. The van der Waals surface area contributed by atoms with Crippen molar-refractivity contribution < 1.29 is 9.59 Å². The predicted octanol–water partition coefficient (Wildman–Crippen LogP) is 3.96. The molecule has 180 valence electrons. The highest BCUT2D eigenvalue weighted by Gasteiger charge is 2.59. The minimum atomic E-state index is 0.0346. The smallest absolute Gasteiger partial charge is 0.273 e. The van der Waals surface area contributed by atoms with E-state index in [-0.39, 0.29) is 17.2 Å². The fourth-order valence-electron chi connectivity index (χ4n) is 5.29. The average molecular weight is 497 g/mol. The second kappa shape index (κ2) is 10.2. The minimum Gasteiger partial charge on any atom is -0.340 e. The zero-order valence-electron chi connectivity index (χ0n) is 19.7. The molecule has 3 aliphatic rings. The molecule has 3 fully saturated rings. The van der Waals surface area contributed by atoms with Gasteiger partial charge in [0.05, 0.1) is 0 Å². The van der Waals surface area contributed by atoms with E-state index < -0.39 is 0 Å². The van der Waals surface area contributed by atoms with Gasteiger partial charge in [-0.25, -0.2) is 4.98 Å². The number of amides is 2. The van der Waals surface area contributed by atoms with E-state index in [1.807, 2.05) is 22.6 Å². The summed E-state index contributed by atoms with van der Waals surface area (Å²) in [5.41, 5.74) is 1.90. The van der Waals surface area contributed by atoms with Crippen molar-refractivity contribution in [3.63, 3.8) is 0 Å². The van der Waals surface area contributed by atoms with Gasteiger partial charge in [0.2, 0.25) is 5.91 Å². The van der Waals surface area contributed by atoms with Crippen molar-refractivity contribution in [1.29, 1.82) is 0 Å². The number of nitrogens with zero attached hydrogens (tertiary/aromatic N) is 4. The van der Waals surface area contributed by atoms with Gasteiger partial charge in [-0.1, -0.05) is 54.2 Å². The molecule has 2 aromatic rings. The summed E-state index contributed by atoms with van der Waals surface area (Å²) in [5.74, 6) is 0.521. The molecular weight excluding hydrogens is 464 g/mol. The van der Waals surface area contributed by atoms with E-state index in [1.165, 1.54) is 16.9 Å². The van der Waals surface area contributed by atoms with Gasteiger partial charge in [-0.15, -0.1) is 11.3 Å². The van der Waals surface area contributed by atoms with Crippen molar-refractivity contribution in [1.82, 2.24) is 19.7 Å². The monoisotopic (exact) mass is 496 g/mol. The van der Waals surface area contributed by atoms with Crippen LogP contribution in [-0.2, 0) is 4.79 Å². The summed E-state index contributed by atoms with van der Waals surface area (Å²) in [6, 6.07) is 10.4. The second-order valence-electron chi connectivity index (χ2n) is 9.55. The van der Waals surface area contributed by atoms with Gasteiger partial charge in [0, 0.05) is 57.1 Å². The molecule has 8 heteroatoms. The lowest BCUT2D eigenvalue weighted by Gasteiger charge is -2.36. The second-order valence-corrected chi connectivity index (χ2v) is 11.5. The van der Waals surface area contributed by atoms with Gasteiger partial charge >= 0.3 is 0 Å². The van der Waals surface area contributed by atoms with Crippen LogP contribution in [0.5, 0.6) is 0 Å². The number of thioether (sulfide) groups is 1. The third-order valence-corrected chi connectivity index (χ3v) is 9.43. The van der Waals surface area contributed by atoms with Gasteiger partial charge in [-0.3, -0.25) is 14.5 Å². The summed E-state index contributed by atoms with van der Waals surface area (Å²) in [6.45, 7) is 5.88. The first kappa shape index (κ1) is 23.6. The Morgan fingerprint density at radius 1 is 1.09 bits per heavy atom. The van der Waals surface area contributed by atoms with Gasteiger partial charge in [-0.05, 0) is 36.5 Å². The first-order chi connectivity index (χ1) is 16.6. The Morgan fingerprint density at radius 3 is 2.50 bits per heavy atom. The molecule has 1 aliphatic carbocycles. The third kappa shape index (κ3) is 5.09. The minimum absolute atomic E-state index is 0.0346. The highest BCUT2D eigenvalue weighted by Crippen LogP contribution is 2.60. The van der Waals surface area contributed by atoms with Crippen LogP contribution in [0.25, 0.3) is 6.08 Å². The van der Waals surface area contributed by atoms with Crippen molar-refractivity contribution in [3.05, 3.63) is 53.0 Å². The lowest BCUT2D eigenvalue weighted by Crippen LogP contribution is -2.49. The largest absolute Gasteiger partial charge is 0.340 e. The van der Waals surface area contributed by atoms with Gasteiger partial charge in [0.25, 0.3) is 5.91 Å². The maximum atomic E-state index is 13.2. The molecular formula is C26H32N4O2S2. The Labute approximate surface area is 210 Å². The molecule has 1 aromatic carbocycles. The number of aromatic nitrogens is 1. The molecule has 3 heterocycles. The number of rotatable bonds is 6. The normalized spacial score (nSPS) is 22.4. The van der Waals surface area contributed by atoms with Crippen LogP contribution in [0.3, 0.4) is 0 Å². The number of carbonyl (C=O) groups excluding carboxylic acids is 2. The van der Waals surface area contributed by atoms with Gasteiger partial charge in [0.15, 0.2) is 0 Å². The average Bonchev–Trinajstić information content (AvgIpc) is 3.35. The van der Waals surface area contributed by atoms with Crippen LogP contribution in [-0.4, -0.2) is 83.6 Å². The quantitative estimate of drug-likeness (QED) is 0.567. The summed E-state index contributed by atoms with van der Waals surface area (Å²) < 4.78 is 0.928. The Bertz CT molecular complexity index is 1040. The summed E-state index contributed by atoms with van der Waals surface area (Å²) in [7, 11) is 0.